The zero-order chi connectivity index (χ0) is 12.7. The van der Waals surface area contributed by atoms with Crippen LogP contribution in [0, 0.1) is 11.7 Å². The third kappa shape index (κ3) is 2.06. The number of H-pyrrole nitrogens is 1. The summed E-state index contributed by atoms with van der Waals surface area (Å²) < 4.78 is 2.47. The number of amides is 1. The molecule has 1 aromatic carbocycles. The molecular weight excluding hydrogens is 246 g/mol. The molecule has 1 saturated carbocycles. The van der Waals surface area contributed by atoms with Crippen LogP contribution in [-0.4, -0.2) is 21.5 Å². The van der Waals surface area contributed by atoms with E-state index in [0.29, 0.717) is 17.4 Å². The number of carbonyl (C=O) groups is 1. The van der Waals surface area contributed by atoms with Crippen molar-refractivity contribution in [1.82, 2.24) is 14.9 Å². The van der Waals surface area contributed by atoms with Gasteiger partial charge < -0.3 is 14.9 Å². The van der Waals surface area contributed by atoms with Crippen molar-refractivity contribution in [2.75, 3.05) is 0 Å². The highest BCUT2D eigenvalue weighted by Gasteiger charge is 2.23. The van der Waals surface area contributed by atoms with E-state index in [1.165, 1.54) is 0 Å². The van der Waals surface area contributed by atoms with Crippen molar-refractivity contribution in [2.24, 2.45) is 0 Å². The van der Waals surface area contributed by atoms with Crippen molar-refractivity contribution in [2.45, 2.75) is 32.4 Å². The molecule has 5 heteroatoms. The van der Waals surface area contributed by atoms with Crippen molar-refractivity contribution >= 4 is 29.2 Å². The van der Waals surface area contributed by atoms with Crippen LogP contribution in [0.25, 0.3) is 11.0 Å². The number of aromatic amines is 1. The summed E-state index contributed by atoms with van der Waals surface area (Å²) in [5, 5.41) is 2.98. The van der Waals surface area contributed by atoms with Gasteiger partial charge in [0.25, 0.3) is 0 Å². The molecule has 0 unspecified atom stereocenters. The van der Waals surface area contributed by atoms with Crippen LogP contribution in [0.1, 0.15) is 18.4 Å². The topological polar surface area (TPSA) is 49.8 Å². The van der Waals surface area contributed by atoms with E-state index in [2.05, 4.69) is 10.3 Å². The van der Waals surface area contributed by atoms with Gasteiger partial charge in [-0.1, -0.05) is 12.1 Å². The zero-order valence-corrected chi connectivity index (χ0v) is 11.0. The standard InChI is InChI=1S/C13H15N3OS/c1-8-3-2-4-10-12(8)16(13(18)15-10)7-11(17)14-9-5-6-9/h2-4,9H,5-7H2,1H3,(H,14,17)(H,15,18). The third-order valence-electron chi connectivity index (χ3n) is 3.24. The van der Waals surface area contributed by atoms with Crippen LogP contribution in [0.5, 0.6) is 0 Å². The van der Waals surface area contributed by atoms with Gasteiger partial charge in [-0.05, 0) is 43.6 Å². The van der Waals surface area contributed by atoms with E-state index >= 15 is 0 Å². The zero-order valence-electron chi connectivity index (χ0n) is 10.2. The molecular formula is C13H15N3OS. The number of rotatable bonds is 3. The van der Waals surface area contributed by atoms with E-state index in [-0.39, 0.29) is 5.91 Å². The Balaban J connectivity index is 1.97. The fraction of sp³-hybridized carbons (Fsp3) is 0.385. The fourth-order valence-electron chi connectivity index (χ4n) is 2.20. The van der Waals surface area contributed by atoms with Gasteiger partial charge in [-0.15, -0.1) is 0 Å². The minimum absolute atomic E-state index is 0.0396. The summed E-state index contributed by atoms with van der Waals surface area (Å²) in [6.45, 7) is 2.32. The van der Waals surface area contributed by atoms with Gasteiger partial charge in [-0.25, -0.2) is 0 Å². The van der Waals surface area contributed by atoms with Gasteiger partial charge in [0.05, 0.1) is 11.0 Å². The van der Waals surface area contributed by atoms with Crippen molar-refractivity contribution in [3.05, 3.63) is 28.5 Å². The molecule has 4 nitrogen and oxygen atoms in total. The molecule has 1 fully saturated rings. The average Bonchev–Trinajstić information content (AvgIpc) is 3.05. The number of para-hydroxylation sites is 1. The van der Waals surface area contributed by atoms with Gasteiger partial charge in [0.2, 0.25) is 5.91 Å². The Hall–Kier alpha value is -1.62. The molecule has 94 valence electrons. The first-order valence-corrected chi connectivity index (χ1v) is 6.53. The number of aromatic nitrogens is 2. The maximum atomic E-state index is 11.9. The van der Waals surface area contributed by atoms with E-state index in [4.69, 9.17) is 12.2 Å². The monoisotopic (exact) mass is 261 g/mol. The number of aryl methyl sites for hydroxylation is 1. The van der Waals surface area contributed by atoms with Crippen molar-refractivity contribution < 1.29 is 4.79 Å². The van der Waals surface area contributed by atoms with E-state index in [1.807, 2.05) is 29.7 Å². The Morgan fingerprint density at radius 1 is 1.56 bits per heavy atom. The van der Waals surface area contributed by atoms with Crippen LogP contribution in [0.3, 0.4) is 0 Å². The Labute approximate surface area is 110 Å². The van der Waals surface area contributed by atoms with Gasteiger partial charge in [-0.2, -0.15) is 0 Å². The summed E-state index contributed by atoms with van der Waals surface area (Å²) in [5.41, 5.74) is 3.13. The van der Waals surface area contributed by atoms with Gasteiger partial charge in [0.15, 0.2) is 4.77 Å². The predicted octanol–water partition coefficient (Wildman–Crippen LogP) is 2.29. The first kappa shape index (κ1) is 11.5. The summed E-state index contributed by atoms with van der Waals surface area (Å²) in [6.07, 6.45) is 2.20. The Kier molecular flexibility index (Phi) is 2.70. The van der Waals surface area contributed by atoms with Gasteiger partial charge >= 0.3 is 0 Å². The molecule has 1 aliphatic carbocycles. The molecule has 1 aliphatic rings. The fourth-order valence-corrected chi connectivity index (χ4v) is 2.46. The smallest absolute Gasteiger partial charge is 0.240 e. The minimum atomic E-state index is 0.0396. The average molecular weight is 261 g/mol. The second-order valence-electron chi connectivity index (χ2n) is 4.83. The summed E-state index contributed by atoms with van der Waals surface area (Å²) in [4.78, 5) is 15.0. The van der Waals surface area contributed by atoms with E-state index in [0.717, 1.165) is 29.4 Å². The first-order valence-electron chi connectivity index (χ1n) is 6.12. The molecule has 1 amide bonds. The highest BCUT2D eigenvalue weighted by atomic mass is 32.1. The van der Waals surface area contributed by atoms with Crippen LogP contribution >= 0.6 is 12.2 Å². The van der Waals surface area contributed by atoms with Crippen LogP contribution in [-0.2, 0) is 11.3 Å². The molecule has 1 heterocycles. The highest BCUT2D eigenvalue weighted by Crippen LogP contribution is 2.20. The largest absolute Gasteiger partial charge is 0.352 e. The lowest BCUT2D eigenvalue weighted by atomic mass is 10.2. The molecule has 0 radical (unpaired) electrons. The molecule has 0 aliphatic heterocycles. The first-order chi connectivity index (χ1) is 8.65. The van der Waals surface area contributed by atoms with Crippen LogP contribution in [0.2, 0.25) is 0 Å². The van der Waals surface area contributed by atoms with E-state index in [1.54, 1.807) is 0 Å². The van der Waals surface area contributed by atoms with Gasteiger partial charge in [0.1, 0.15) is 6.54 Å². The quantitative estimate of drug-likeness (QED) is 0.833. The van der Waals surface area contributed by atoms with Crippen LogP contribution in [0.15, 0.2) is 18.2 Å². The molecule has 0 saturated heterocycles. The third-order valence-corrected chi connectivity index (χ3v) is 3.56. The van der Waals surface area contributed by atoms with Crippen LogP contribution < -0.4 is 5.32 Å². The summed E-state index contributed by atoms with van der Waals surface area (Å²) >= 11 is 5.29. The summed E-state index contributed by atoms with van der Waals surface area (Å²) in [6, 6.07) is 6.38. The van der Waals surface area contributed by atoms with E-state index in [9.17, 15) is 4.79 Å². The SMILES string of the molecule is Cc1cccc2[nH]c(=S)n(CC(=O)NC3CC3)c12. The molecule has 2 N–H and O–H groups in total. The number of nitrogens with one attached hydrogen (secondary N) is 2. The molecule has 3 rings (SSSR count). The van der Waals surface area contributed by atoms with Crippen molar-refractivity contribution in [3.63, 3.8) is 0 Å². The second-order valence-corrected chi connectivity index (χ2v) is 5.22. The lowest BCUT2D eigenvalue weighted by Gasteiger charge is -2.07. The minimum Gasteiger partial charge on any atom is -0.352 e. The number of hydrogen-bond acceptors (Lipinski definition) is 2. The van der Waals surface area contributed by atoms with Crippen LogP contribution in [0.4, 0.5) is 0 Å². The Morgan fingerprint density at radius 3 is 3.06 bits per heavy atom. The number of hydrogen-bond donors (Lipinski definition) is 2. The van der Waals surface area contributed by atoms with Crippen molar-refractivity contribution in [1.29, 1.82) is 0 Å². The summed E-state index contributed by atoms with van der Waals surface area (Å²) in [5.74, 6) is 0.0396. The van der Waals surface area contributed by atoms with Gasteiger partial charge in [0, 0.05) is 6.04 Å². The number of benzene rings is 1. The molecule has 0 spiro atoms. The number of carbonyl (C=O) groups excluding carboxylic acids is 1. The summed E-state index contributed by atoms with van der Waals surface area (Å²) in [7, 11) is 0. The maximum absolute atomic E-state index is 11.9. The number of nitrogens with zero attached hydrogens (tertiary/aromatic N) is 1. The van der Waals surface area contributed by atoms with Gasteiger partial charge in [-0.3, -0.25) is 4.79 Å². The Morgan fingerprint density at radius 2 is 2.33 bits per heavy atom. The molecule has 1 aromatic heterocycles. The Bertz CT molecular complexity index is 666. The predicted molar refractivity (Wildman–Crippen MR) is 73.0 cm³/mol. The molecule has 0 bridgehead atoms. The molecule has 18 heavy (non-hydrogen) atoms. The maximum Gasteiger partial charge on any atom is 0.240 e. The lowest BCUT2D eigenvalue weighted by molar-refractivity contribution is -0.121. The van der Waals surface area contributed by atoms with E-state index < -0.39 is 0 Å². The number of imidazole rings is 1. The van der Waals surface area contributed by atoms with Crippen molar-refractivity contribution in [3.8, 4) is 0 Å². The molecule has 2 aromatic rings. The second kappa shape index (κ2) is 4.24. The lowest BCUT2D eigenvalue weighted by Crippen LogP contribution is -2.29. The number of fused-ring (bicyclic) bond motifs is 1. The molecule has 0 atom stereocenters. The normalized spacial score (nSPS) is 14.9. The highest BCUT2D eigenvalue weighted by molar-refractivity contribution is 7.71.